The van der Waals surface area contributed by atoms with Gasteiger partial charge in [0.05, 0.1) is 0 Å². The predicted molar refractivity (Wildman–Crippen MR) is 58.8 cm³/mol. The van der Waals surface area contributed by atoms with E-state index in [1.54, 1.807) is 0 Å². The lowest BCUT2D eigenvalue weighted by molar-refractivity contribution is 0.600. The molecule has 0 aliphatic carbocycles. The maximum Gasteiger partial charge on any atom is 0.247 e. The molecular weight excluding hydrogens is 220 g/mol. The molecule has 0 saturated heterocycles. The summed E-state index contributed by atoms with van der Waals surface area (Å²) in [5.41, 5.74) is 6.05. The summed E-state index contributed by atoms with van der Waals surface area (Å²) in [6.07, 6.45) is 0. The minimum absolute atomic E-state index is 0.125. The van der Waals surface area contributed by atoms with Crippen LogP contribution in [0.5, 0.6) is 0 Å². The van der Waals surface area contributed by atoms with Crippen molar-refractivity contribution in [3.63, 3.8) is 0 Å². The monoisotopic (exact) mass is 234 g/mol. The summed E-state index contributed by atoms with van der Waals surface area (Å²) < 4.78 is 22.2. The molecule has 1 heterocycles. The van der Waals surface area contributed by atoms with Crippen LogP contribution >= 0.6 is 11.3 Å². The summed E-state index contributed by atoms with van der Waals surface area (Å²) >= 11 is 1.14. The van der Waals surface area contributed by atoms with E-state index < -0.39 is 10.0 Å². The minimum Gasteiger partial charge on any atom is -0.398 e. The Hall–Kier alpha value is -0.590. The van der Waals surface area contributed by atoms with Crippen molar-refractivity contribution in [3.05, 3.63) is 10.9 Å². The molecule has 4 N–H and O–H groups in total. The number of primary sulfonamides is 1. The molecule has 0 unspecified atom stereocenters. The lowest BCUT2D eigenvalue weighted by Crippen LogP contribution is -2.11. The van der Waals surface area contributed by atoms with E-state index in [2.05, 4.69) is 0 Å². The molecule has 1 aromatic heterocycles. The lowest BCUT2D eigenvalue weighted by atomic mass is 9.94. The average Bonchev–Trinajstić information content (AvgIpc) is 2.27. The second kappa shape index (κ2) is 3.22. The molecule has 0 aliphatic rings. The Morgan fingerprint density at radius 2 is 1.86 bits per heavy atom. The smallest absolute Gasteiger partial charge is 0.247 e. The summed E-state index contributed by atoms with van der Waals surface area (Å²) in [6, 6.07) is 1.42. The number of thiophene rings is 1. The highest BCUT2D eigenvalue weighted by Gasteiger charge is 2.23. The number of hydrogen-bond donors (Lipinski definition) is 2. The maximum absolute atomic E-state index is 11.1. The van der Waals surface area contributed by atoms with Gasteiger partial charge in [0, 0.05) is 10.6 Å². The van der Waals surface area contributed by atoms with Gasteiger partial charge >= 0.3 is 0 Å². The highest BCUT2D eigenvalue weighted by atomic mass is 32.2. The highest BCUT2D eigenvalue weighted by Crippen LogP contribution is 2.36. The Kier molecular flexibility index (Phi) is 2.64. The van der Waals surface area contributed by atoms with Crippen molar-refractivity contribution < 1.29 is 8.42 Å². The van der Waals surface area contributed by atoms with Crippen LogP contribution in [-0.4, -0.2) is 8.42 Å². The third-order valence-corrected chi connectivity index (χ3v) is 4.70. The van der Waals surface area contributed by atoms with Crippen LogP contribution in [0, 0.1) is 0 Å². The minimum atomic E-state index is -3.63. The molecule has 1 aromatic rings. The summed E-state index contributed by atoms with van der Waals surface area (Å²) in [7, 11) is -3.63. The van der Waals surface area contributed by atoms with Gasteiger partial charge < -0.3 is 5.73 Å². The van der Waals surface area contributed by atoms with Crippen LogP contribution in [0.4, 0.5) is 5.69 Å². The van der Waals surface area contributed by atoms with Crippen molar-refractivity contribution in [1.82, 2.24) is 0 Å². The molecule has 0 fully saturated rings. The molecule has 0 radical (unpaired) electrons. The van der Waals surface area contributed by atoms with Crippen LogP contribution in [0.1, 0.15) is 25.6 Å². The number of anilines is 1. The van der Waals surface area contributed by atoms with E-state index in [-0.39, 0.29) is 9.62 Å². The predicted octanol–water partition coefficient (Wildman–Crippen LogP) is 1.28. The van der Waals surface area contributed by atoms with Crippen LogP contribution in [0.3, 0.4) is 0 Å². The first kappa shape index (κ1) is 11.5. The molecule has 14 heavy (non-hydrogen) atoms. The summed E-state index contributed by atoms with van der Waals surface area (Å²) in [5.74, 6) is 0. The summed E-state index contributed by atoms with van der Waals surface area (Å²) in [4.78, 5) is 0.849. The number of hydrogen-bond acceptors (Lipinski definition) is 4. The van der Waals surface area contributed by atoms with E-state index in [9.17, 15) is 8.42 Å². The quantitative estimate of drug-likeness (QED) is 0.767. The van der Waals surface area contributed by atoms with Gasteiger partial charge in [-0.3, -0.25) is 0 Å². The summed E-state index contributed by atoms with van der Waals surface area (Å²) in [6.45, 7) is 5.92. The molecule has 0 saturated carbocycles. The highest BCUT2D eigenvalue weighted by molar-refractivity contribution is 7.91. The van der Waals surface area contributed by atoms with Crippen molar-refractivity contribution in [3.8, 4) is 0 Å². The van der Waals surface area contributed by atoms with Gasteiger partial charge in [0.25, 0.3) is 0 Å². The van der Waals surface area contributed by atoms with Gasteiger partial charge in [0.1, 0.15) is 4.21 Å². The van der Waals surface area contributed by atoms with Gasteiger partial charge in [-0.05, 0) is 11.5 Å². The fraction of sp³-hybridized carbons (Fsp3) is 0.500. The van der Waals surface area contributed by atoms with Gasteiger partial charge in [-0.1, -0.05) is 20.8 Å². The van der Waals surface area contributed by atoms with Crippen LogP contribution in [0.25, 0.3) is 0 Å². The molecule has 0 aromatic carbocycles. The zero-order valence-electron chi connectivity index (χ0n) is 8.37. The van der Waals surface area contributed by atoms with Crippen molar-refractivity contribution in [1.29, 1.82) is 0 Å². The van der Waals surface area contributed by atoms with E-state index in [1.165, 1.54) is 6.07 Å². The van der Waals surface area contributed by atoms with Crippen LogP contribution in [0.2, 0.25) is 0 Å². The lowest BCUT2D eigenvalue weighted by Gasteiger charge is -2.16. The first-order valence-corrected chi connectivity index (χ1v) is 6.41. The molecular formula is C8H14N2O2S2. The van der Waals surface area contributed by atoms with Gasteiger partial charge in [0.15, 0.2) is 0 Å². The fourth-order valence-electron chi connectivity index (χ4n) is 1.11. The Morgan fingerprint density at radius 1 is 1.36 bits per heavy atom. The number of sulfonamides is 1. The molecule has 4 nitrogen and oxygen atoms in total. The van der Waals surface area contributed by atoms with E-state index in [0.29, 0.717) is 5.69 Å². The van der Waals surface area contributed by atoms with E-state index in [0.717, 1.165) is 16.2 Å². The molecule has 0 aliphatic heterocycles. The fourth-order valence-corrected chi connectivity index (χ4v) is 2.98. The Bertz CT molecular complexity index is 440. The van der Waals surface area contributed by atoms with Gasteiger partial charge in [-0.2, -0.15) is 0 Å². The normalized spacial score (nSPS) is 13.1. The van der Waals surface area contributed by atoms with E-state index in [1.807, 2.05) is 20.8 Å². The van der Waals surface area contributed by atoms with Crippen LogP contribution < -0.4 is 10.9 Å². The van der Waals surface area contributed by atoms with Crippen molar-refractivity contribution >= 4 is 27.0 Å². The molecule has 6 heteroatoms. The van der Waals surface area contributed by atoms with Gasteiger partial charge in [-0.15, -0.1) is 11.3 Å². The zero-order valence-corrected chi connectivity index (χ0v) is 10.00. The van der Waals surface area contributed by atoms with Crippen LogP contribution in [-0.2, 0) is 15.4 Å². The molecule has 1 rings (SSSR count). The second-order valence-electron chi connectivity index (χ2n) is 4.14. The topological polar surface area (TPSA) is 86.2 Å². The third-order valence-electron chi connectivity index (χ3n) is 1.70. The zero-order chi connectivity index (χ0) is 11.1. The number of rotatable bonds is 1. The number of nitrogen functional groups attached to an aromatic ring is 1. The van der Waals surface area contributed by atoms with Crippen LogP contribution in [0.15, 0.2) is 10.3 Å². The molecule has 0 bridgehead atoms. The Balaban J connectivity index is 3.33. The van der Waals surface area contributed by atoms with Crippen molar-refractivity contribution in [2.24, 2.45) is 5.14 Å². The first-order chi connectivity index (χ1) is 6.12. The summed E-state index contributed by atoms with van der Waals surface area (Å²) in [5, 5.41) is 5.01. The standard InChI is InChI=1S/C8H14N2O2S2/c1-8(2,3)7-5(9)4-6(13-7)14(10,11)12/h4H,9H2,1-3H3,(H2,10,11,12). The molecule has 0 amide bonds. The van der Waals surface area contributed by atoms with Gasteiger partial charge in [-0.25, -0.2) is 13.6 Å². The second-order valence-corrected chi connectivity index (χ2v) is 6.99. The van der Waals surface area contributed by atoms with Crippen molar-refractivity contribution in [2.45, 2.75) is 30.4 Å². The maximum atomic E-state index is 11.1. The average molecular weight is 234 g/mol. The van der Waals surface area contributed by atoms with E-state index >= 15 is 0 Å². The number of nitrogens with two attached hydrogens (primary N) is 2. The Morgan fingerprint density at radius 3 is 2.07 bits per heavy atom. The SMILES string of the molecule is CC(C)(C)c1sc(S(N)(=O)=O)cc1N. The molecule has 0 atom stereocenters. The largest absolute Gasteiger partial charge is 0.398 e. The molecule has 0 spiro atoms. The molecule has 80 valence electrons. The Labute approximate surface area is 88.0 Å². The first-order valence-electron chi connectivity index (χ1n) is 4.05. The van der Waals surface area contributed by atoms with Gasteiger partial charge in [0.2, 0.25) is 10.0 Å². The van der Waals surface area contributed by atoms with E-state index in [4.69, 9.17) is 10.9 Å². The third kappa shape index (κ3) is 2.26. The van der Waals surface area contributed by atoms with Crippen molar-refractivity contribution in [2.75, 3.05) is 5.73 Å².